The zero-order chi connectivity index (χ0) is 14.5. The highest BCUT2D eigenvalue weighted by molar-refractivity contribution is 6.01. The summed E-state index contributed by atoms with van der Waals surface area (Å²) < 4.78 is 5.19. The maximum absolute atomic E-state index is 8.92. The molecule has 20 heavy (non-hydrogen) atoms. The SMILES string of the molecule is COCCN(c1ncccc1/C(N)=N/O)C(C)C1CC1. The summed E-state index contributed by atoms with van der Waals surface area (Å²) >= 11 is 0. The number of methoxy groups -OCH3 is 1. The lowest BCUT2D eigenvalue weighted by molar-refractivity contribution is 0.202. The van der Waals surface area contributed by atoms with E-state index in [2.05, 4.69) is 22.0 Å². The summed E-state index contributed by atoms with van der Waals surface area (Å²) in [6.45, 7) is 3.54. The first-order valence-corrected chi connectivity index (χ1v) is 6.87. The minimum absolute atomic E-state index is 0.0820. The first-order chi connectivity index (χ1) is 9.69. The molecule has 0 aliphatic heterocycles. The predicted molar refractivity (Wildman–Crippen MR) is 78.2 cm³/mol. The summed E-state index contributed by atoms with van der Waals surface area (Å²) in [6, 6.07) is 3.97. The van der Waals surface area contributed by atoms with Crippen LogP contribution < -0.4 is 10.6 Å². The van der Waals surface area contributed by atoms with Crippen molar-refractivity contribution in [1.29, 1.82) is 0 Å². The lowest BCUT2D eigenvalue weighted by Gasteiger charge is -2.31. The molecule has 0 radical (unpaired) electrons. The van der Waals surface area contributed by atoms with Gasteiger partial charge in [-0.25, -0.2) is 4.98 Å². The molecule has 6 heteroatoms. The maximum Gasteiger partial charge on any atom is 0.173 e. The Morgan fingerprint density at radius 1 is 1.65 bits per heavy atom. The summed E-state index contributed by atoms with van der Waals surface area (Å²) in [5, 5.41) is 12.0. The van der Waals surface area contributed by atoms with Crippen molar-refractivity contribution in [2.24, 2.45) is 16.8 Å². The Morgan fingerprint density at radius 2 is 2.40 bits per heavy atom. The summed E-state index contributed by atoms with van der Waals surface area (Å²) in [4.78, 5) is 6.62. The predicted octanol–water partition coefficient (Wildman–Crippen LogP) is 1.43. The van der Waals surface area contributed by atoms with Gasteiger partial charge in [0.2, 0.25) is 0 Å². The second-order valence-electron chi connectivity index (χ2n) is 5.12. The van der Waals surface area contributed by atoms with E-state index < -0.39 is 0 Å². The monoisotopic (exact) mass is 278 g/mol. The molecule has 1 fully saturated rings. The summed E-state index contributed by atoms with van der Waals surface area (Å²) in [5.41, 5.74) is 6.41. The minimum Gasteiger partial charge on any atom is -0.409 e. The second-order valence-corrected chi connectivity index (χ2v) is 5.12. The molecule has 1 saturated carbocycles. The topological polar surface area (TPSA) is 84.0 Å². The lowest BCUT2D eigenvalue weighted by Crippen LogP contribution is -2.39. The van der Waals surface area contributed by atoms with Crippen molar-refractivity contribution in [3.63, 3.8) is 0 Å². The lowest BCUT2D eigenvalue weighted by atomic mass is 10.1. The van der Waals surface area contributed by atoms with E-state index in [1.807, 2.05) is 6.07 Å². The van der Waals surface area contributed by atoms with Gasteiger partial charge in [-0.2, -0.15) is 0 Å². The summed E-state index contributed by atoms with van der Waals surface area (Å²) in [5.74, 6) is 1.52. The first kappa shape index (κ1) is 14.6. The molecule has 1 atom stereocenters. The van der Waals surface area contributed by atoms with E-state index in [0.29, 0.717) is 24.1 Å². The van der Waals surface area contributed by atoms with E-state index in [1.54, 1.807) is 19.4 Å². The van der Waals surface area contributed by atoms with Crippen molar-refractivity contribution in [1.82, 2.24) is 4.98 Å². The van der Waals surface area contributed by atoms with Gasteiger partial charge in [0.05, 0.1) is 12.2 Å². The van der Waals surface area contributed by atoms with Crippen molar-refractivity contribution in [3.8, 4) is 0 Å². The van der Waals surface area contributed by atoms with Crippen LogP contribution in [0.1, 0.15) is 25.3 Å². The molecule has 1 aromatic heterocycles. The summed E-state index contributed by atoms with van der Waals surface area (Å²) in [7, 11) is 1.68. The fourth-order valence-corrected chi connectivity index (χ4v) is 2.40. The van der Waals surface area contributed by atoms with Gasteiger partial charge < -0.3 is 20.6 Å². The Kier molecular flexibility index (Phi) is 4.79. The fraction of sp³-hybridized carbons (Fsp3) is 0.571. The van der Waals surface area contributed by atoms with Gasteiger partial charge in [0.15, 0.2) is 5.84 Å². The first-order valence-electron chi connectivity index (χ1n) is 6.87. The van der Waals surface area contributed by atoms with Crippen molar-refractivity contribution >= 4 is 11.7 Å². The number of ether oxygens (including phenoxy) is 1. The molecule has 0 aromatic carbocycles. The van der Waals surface area contributed by atoms with Crippen molar-refractivity contribution in [2.75, 3.05) is 25.2 Å². The quantitative estimate of drug-likeness (QED) is 0.341. The molecule has 1 heterocycles. The number of anilines is 1. The van der Waals surface area contributed by atoms with Gasteiger partial charge in [-0.3, -0.25) is 0 Å². The highest BCUT2D eigenvalue weighted by Gasteiger charge is 2.33. The van der Waals surface area contributed by atoms with Crippen LogP contribution in [0.2, 0.25) is 0 Å². The standard InChI is InChI=1S/C14H22N4O2/c1-10(11-5-6-11)18(8-9-20-2)14-12(13(15)17-19)4-3-7-16-14/h3-4,7,10-11,19H,5-6,8-9H2,1-2H3,(H2,15,17). The average molecular weight is 278 g/mol. The van der Waals surface area contributed by atoms with Crippen molar-refractivity contribution in [3.05, 3.63) is 23.9 Å². The smallest absolute Gasteiger partial charge is 0.173 e. The van der Waals surface area contributed by atoms with Crippen LogP contribution in [0.5, 0.6) is 0 Å². The second kappa shape index (κ2) is 6.56. The van der Waals surface area contributed by atoms with Crippen LogP contribution >= 0.6 is 0 Å². The number of pyridine rings is 1. The minimum atomic E-state index is 0.0820. The van der Waals surface area contributed by atoms with Crippen LogP contribution in [0.25, 0.3) is 0 Å². The zero-order valence-electron chi connectivity index (χ0n) is 12.0. The molecular weight excluding hydrogens is 256 g/mol. The molecule has 0 saturated heterocycles. The summed E-state index contributed by atoms with van der Waals surface area (Å²) in [6.07, 6.45) is 4.22. The Labute approximate surface area is 119 Å². The molecular formula is C14H22N4O2. The molecule has 3 N–H and O–H groups in total. The van der Waals surface area contributed by atoms with Crippen molar-refractivity contribution < 1.29 is 9.94 Å². The molecule has 110 valence electrons. The van der Waals surface area contributed by atoms with Gasteiger partial charge in [-0.05, 0) is 37.8 Å². The van der Waals surface area contributed by atoms with E-state index in [1.165, 1.54) is 12.8 Å². The number of nitrogens with two attached hydrogens (primary N) is 1. The molecule has 2 rings (SSSR count). The maximum atomic E-state index is 8.92. The van der Waals surface area contributed by atoms with E-state index in [9.17, 15) is 0 Å². The zero-order valence-corrected chi connectivity index (χ0v) is 12.0. The van der Waals surface area contributed by atoms with Crippen LogP contribution in [0.15, 0.2) is 23.5 Å². The average Bonchev–Trinajstić information content (AvgIpc) is 3.31. The largest absolute Gasteiger partial charge is 0.409 e. The number of hydrogen-bond donors (Lipinski definition) is 2. The van der Waals surface area contributed by atoms with Gasteiger partial charge in [0, 0.05) is 25.9 Å². The fourth-order valence-electron chi connectivity index (χ4n) is 2.40. The Morgan fingerprint density at radius 3 is 3.00 bits per heavy atom. The number of aromatic nitrogens is 1. The van der Waals surface area contributed by atoms with Gasteiger partial charge in [0.25, 0.3) is 0 Å². The van der Waals surface area contributed by atoms with Crippen LogP contribution in [0.4, 0.5) is 5.82 Å². The van der Waals surface area contributed by atoms with E-state index in [4.69, 9.17) is 15.7 Å². The molecule has 1 unspecified atom stereocenters. The number of hydrogen-bond acceptors (Lipinski definition) is 5. The number of oxime groups is 1. The van der Waals surface area contributed by atoms with Gasteiger partial charge in [0.1, 0.15) is 5.82 Å². The Hall–Kier alpha value is -1.82. The number of amidine groups is 1. The van der Waals surface area contributed by atoms with E-state index >= 15 is 0 Å². The molecule has 1 aromatic rings. The third-order valence-corrected chi connectivity index (χ3v) is 3.77. The van der Waals surface area contributed by atoms with E-state index in [0.717, 1.165) is 12.4 Å². The molecule has 1 aliphatic rings. The van der Waals surface area contributed by atoms with Crippen LogP contribution in [-0.2, 0) is 4.74 Å². The molecule has 1 aliphatic carbocycles. The Bertz CT molecular complexity index is 474. The highest BCUT2D eigenvalue weighted by atomic mass is 16.5. The third kappa shape index (κ3) is 3.19. The molecule has 0 bridgehead atoms. The number of rotatable bonds is 7. The van der Waals surface area contributed by atoms with E-state index in [-0.39, 0.29) is 5.84 Å². The third-order valence-electron chi connectivity index (χ3n) is 3.77. The van der Waals surface area contributed by atoms with Gasteiger partial charge >= 0.3 is 0 Å². The molecule has 6 nitrogen and oxygen atoms in total. The van der Waals surface area contributed by atoms with Crippen molar-refractivity contribution in [2.45, 2.75) is 25.8 Å². The van der Waals surface area contributed by atoms with Crippen LogP contribution in [0.3, 0.4) is 0 Å². The Balaban J connectivity index is 2.31. The van der Waals surface area contributed by atoms with Gasteiger partial charge in [-0.15, -0.1) is 0 Å². The van der Waals surface area contributed by atoms with Crippen LogP contribution in [0, 0.1) is 5.92 Å². The highest BCUT2D eigenvalue weighted by Crippen LogP contribution is 2.37. The van der Waals surface area contributed by atoms with Crippen LogP contribution in [-0.4, -0.2) is 42.3 Å². The molecule has 0 spiro atoms. The normalized spacial score (nSPS) is 17.0. The molecule has 0 amide bonds. The van der Waals surface area contributed by atoms with Gasteiger partial charge in [-0.1, -0.05) is 5.16 Å². The number of nitrogens with zero attached hydrogens (tertiary/aromatic N) is 3.